The summed E-state index contributed by atoms with van der Waals surface area (Å²) in [5.41, 5.74) is 1.52. The topological polar surface area (TPSA) is 74.6 Å². The molecule has 0 aromatic heterocycles. The Morgan fingerprint density at radius 1 is 1.30 bits per heavy atom. The fourth-order valence-corrected chi connectivity index (χ4v) is 2.58. The van der Waals surface area contributed by atoms with Gasteiger partial charge in [0, 0.05) is 17.4 Å². The minimum atomic E-state index is -1.04. The Morgan fingerprint density at radius 2 is 1.85 bits per heavy atom. The molecular weight excluding hydrogens is 256 g/mol. The number of carbonyl (C=O) groups excluding carboxylic acids is 1. The molecule has 0 saturated heterocycles. The molecule has 4 heteroatoms. The SMILES string of the molecule is CC1=C(C)C(/C=C/C(C)=C\C(=O)O)C(C)(C)C(O)C1=O. The lowest BCUT2D eigenvalue weighted by Crippen LogP contribution is -2.46. The van der Waals surface area contributed by atoms with Crippen LogP contribution in [-0.2, 0) is 9.59 Å². The number of rotatable bonds is 3. The van der Waals surface area contributed by atoms with Gasteiger partial charge in [-0.3, -0.25) is 4.79 Å². The summed E-state index contributed by atoms with van der Waals surface area (Å²) in [5, 5.41) is 18.8. The van der Waals surface area contributed by atoms with Crippen molar-refractivity contribution in [1.29, 1.82) is 0 Å². The number of allylic oxidation sites excluding steroid dienone is 4. The molecule has 0 amide bonds. The van der Waals surface area contributed by atoms with Crippen molar-refractivity contribution in [3.8, 4) is 0 Å². The molecule has 4 nitrogen and oxygen atoms in total. The smallest absolute Gasteiger partial charge is 0.328 e. The third kappa shape index (κ3) is 3.07. The van der Waals surface area contributed by atoms with Gasteiger partial charge in [-0.05, 0) is 31.9 Å². The number of hydrogen-bond donors (Lipinski definition) is 2. The maximum absolute atomic E-state index is 12.0. The molecule has 0 aromatic rings. The van der Waals surface area contributed by atoms with Crippen molar-refractivity contribution in [2.24, 2.45) is 11.3 Å². The molecule has 1 rings (SSSR count). The number of Topliss-reactive ketones (excluding diaryl/α,β-unsaturated/α-hetero) is 1. The van der Waals surface area contributed by atoms with Crippen molar-refractivity contribution >= 4 is 11.8 Å². The summed E-state index contributed by atoms with van der Waals surface area (Å²) in [5.74, 6) is -1.32. The van der Waals surface area contributed by atoms with Crippen LogP contribution in [0, 0.1) is 11.3 Å². The number of hydrogen-bond acceptors (Lipinski definition) is 3. The Balaban J connectivity index is 3.18. The van der Waals surface area contributed by atoms with Gasteiger partial charge in [0.15, 0.2) is 5.78 Å². The fraction of sp³-hybridized carbons (Fsp3) is 0.500. The van der Waals surface area contributed by atoms with E-state index in [1.807, 2.05) is 26.8 Å². The van der Waals surface area contributed by atoms with Gasteiger partial charge in [-0.25, -0.2) is 4.79 Å². The zero-order valence-corrected chi connectivity index (χ0v) is 12.6. The molecule has 0 saturated carbocycles. The Kier molecular flexibility index (Phi) is 4.71. The van der Waals surface area contributed by atoms with Crippen LogP contribution in [0.2, 0.25) is 0 Å². The number of aliphatic hydroxyl groups is 1. The summed E-state index contributed by atoms with van der Waals surface area (Å²) in [7, 11) is 0. The third-order valence-corrected chi connectivity index (χ3v) is 4.08. The predicted octanol–water partition coefficient (Wildman–Crippen LogP) is 2.50. The van der Waals surface area contributed by atoms with Crippen molar-refractivity contribution in [3.05, 3.63) is 34.9 Å². The molecule has 1 aliphatic rings. The van der Waals surface area contributed by atoms with Crippen LogP contribution in [0.4, 0.5) is 0 Å². The summed E-state index contributed by atoms with van der Waals surface area (Å²) in [4.78, 5) is 22.6. The van der Waals surface area contributed by atoms with E-state index in [2.05, 4.69) is 0 Å². The van der Waals surface area contributed by atoms with E-state index >= 15 is 0 Å². The van der Waals surface area contributed by atoms with Gasteiger partial charge in [0.2, 0.25) is 0 Å². The molecule has 0 fully saturated rings. The second-order valence-electron chi connectivity index (χ2n) is 5.96. The Labute approximate surface area is 119 Å². The van der Waals surface area contributed by atoms with E-state index in [9.17, 15) is 14.7 Å². The van der Waals surface area contributed by atoms with E-state index < -0.39 is 17.5 Å². The van der Waals surface area contributed by atoms with E-state index in [1.165, 1.54) is 0 Å². The van der Waals surface area contributed by atoms with Gasteiger partial charge < -0.3 is 10.2 Å². The average molecular weight is 278 g/mol. The van der Waals surface area contributed by atoms with Crippen LogP contribution in [0.1, 0.15) is 34.6 Å². The zero-order chi connectivity index (χ0) is 15.7. The molecule has 110 valence electrons. The van der Waals surface area contributed by atoms with Crippen LogP contribution in [0.25, 0.3) is 0 Å². The second-order valence-corrected chi connectivity index (χ2v) is 5.96. The van der Waals surface area contributed by atoms with Gasteiger partial charge in [0.05, 0.1) is 0 Å². The Morgan fingerprint density at radius 3 is 2.35 bits per heavy atom. The zero-order valence-electron chi connectivity index (χ0n) is 12.6. The number of aliphatic carboxylic acids is 1. The molecule has 20 heavy (non-hydrogen) atoms. The highest BCUT2D eigenvalue weighted by molar-refractivity contribution is 6.00. The van der Waals surface area contributed by atoms with E-state index in [0.717, 1.165) is 11.6 Å². The van der Waals surface area contributed by atoms with Crippen molar-refractivity contribution in [1.82, 2.24) is 0 Å². The molecule has 0 radical (unpaired) electrons. The molecule has 0 bridgehead atoms. The quantitative estimate of drug-likeness (QED) is 0.614. The first kappa shape index (κ1) is 16.4. The number of carboxylic acids is 1. The normalized spacial score (nSPS) is 27.3. The average Bonchev–Trinajstić information content (AvgIpc) is 2.33. The minimum Gasteiger partial charge on any atom is -0.478 e. The molecule has 0 aliphatic heterocycles. The Hall–Kier alpha value is -1.68. The van der Waals surface area contributed by atoms with E-state index in [0.29, 0.717) is 11.1 Å². The van der Waals surface area contributed by atoms with Crippen LogP contribution < -0.4 is 0 Å². The highest BCUT2D eigenvalue weighted by Crippen LogP contribution is 2.43. The second kappa shape index (κ2) is 5.75. The van der Waals surface area contributed by atoms with Crippen molar-refractivity contribution in [2.75, 3.05) is 0 Å². The number of aliphatic hydroxyl groups excluding tert-OH is 1. The number of carbonyl (C=O) groups is 2. The number of carboxylic acid groups (broad SMARTS) is 1. The number of ketones is 1. The first-order chi connectivity index (χ1) is 9.09. The Bertz CT molecular complexity index is 521. The lowest BCUT2D eigenvalue weighted by atomic mass is 9.64. The summed E-state index contributed by atoms with van der Waals surface area (Å²) < 4.78 is 0. The van der Waals surface area contributed by atoms with Crippen LogP contribution >= 0.6 is 0 Å². The van der Waals surface area contributed by atoms with E-state index in [4.69, 9.17) is 5.11 Å². The van der Waals surface area contributed by atoms with Crippen LogP contribution in [0.15, 0.2) is 34.9 Å². The van der Waals surface area contributed by atoms with Crippen LogP contribution in [0.5, 0.6) is 0 Å². The van der Waals surface area contributed by atoms with E-state index in [1.54, 1.807) is 19.9 Å². The summed E-state index contributed by atoms with van der Waals surface area (Å²) in [6.07, 6.45) is 3.67. The molecule has 2 N–H and O–H groups in total. The molecule has 0 heterocycles. The van der Waals surface area contributed by atoms with Gasteiger partial charge >= 0.3 is 5.97 Å². The van der Waals surface area contributed by atoms with Crippen molar-refractivity contribution in [3.63, 3.8) is 0 Å². The standard InChI is InChI=1S/C16H22O4/c1-9(8-13(17)18)6-7-12-10(2)11(3)14(19)15(20)16(12,4)5/h6-8,12,15,20H,1-5H3,(H,17,18)/b7-6+,9-8-. The lowest BCUT2D eigenvalue weighted by Gasteiger charge is -2.41. The minimum absolute atomic E-state index is 0.104. The maximum Gasteiger partial charge on any atom is 0.328 e. The summed E-state index contributed by atoms with van der Waals surface area (Å²) >= 11 is 0. The predicted molar refractivity (Wildman–Crippen MR) is 77.2 cm³/mol. The largest absolute Gasteiger partial charge is 0.478 e. The molecular formula is C16H22O4. The van der Waals surface area contributed by atoms with Crippen LogP contribution in [-0.4, -0.2) is 28.1 Å². The molecule has 0 aromatic carbocycles. The highest BCUT2D eigenvalue weighted by atomic mass is 16.4. The van der Waals surface area contributed by atoms with Gasteiger partial charge in [0.1, 0.15) is 6.10 Å². The summed E-state index contributed by atoms with van der Waals surface area (Å²) in [6.45, 7) is 8.99. The fourth-order valence-electron chi connectivity index (χ4n) is 2.58. The van der Waals surface area contributed by atoms with Gasteiger partial charge in [-0.1, -0.05) is 31.6 Å². The molecule has 2 atom stereocenters. The van der Waals surface area contributed by atoms with Crippen LogP contribution in [0.3, 0.4) is 0 Å². The van der Waals surface area contributed by atoms with Crippen molar-refractivity contribution < 1.29 is 19.8 Å². The van der Waals surface area contributed by atoms with Gasteiger partial charge in [0.25, 0.3) is 0 Å². The molecule has 2 unspecified atom stereocenters. The third-order valence-electron chi connectivity index (χ3n) is 4.08. The molecule has 1 aliphatic carbocycles. The first-order valence-electron chi connectivity index (χ1n) is 6.58. The monoisotopic (exact) mass is 278 g/mol. The summed E-state index contributed by atoms with van der Waals surface area (Å²) in [6, 6.07) is 0. The van der Waals surface area contributed by atoms with Crippen molar-refractivity contribution in [2.45, 2.75) is 40.7 Å². The lowest BCUT2D eigenvalue weighted by molar-refractivity contribution is -0.132. The maximum atomic E-state index is 12.0. The first-order valence-corrected chi connectivity index (χ1v) is 6.58. The molecule has 0 spiro atoms. The van der Waals surface area contributed by atoms with Gasteiger partial charge in [-0.15, -0.1) is 0 Å². The van der Waals surface area contributed by atoms with Gasteiger partial charge in [-0.2, -0.15) is 0 Å². The highest BCUT2D eigenvalue weighted by Gasteiger charge is 2.44. The van der Waals surface area contributed by atoms with E-state index in [-0.39, 0.29) is 11.7 Å².